The van der Waals surface area contributed by atoms with Crippen molar-refractivity contribution in [3.8, 4) is 40.0 Å². The molecule has 2 amide bonds. The number of nitrogens with one attached hydrogen (secondary N) is 1. The molecule has 0 spiro atoms. The molecule has 1 N–H and O–H groups in total. The van der Waals surface area contributed by atoms with Crippen molar-refractivity contribution >= 4 is 17.5 Å². The smallest absolute Gasteiger partial charge is 0.321 e. The quantitative estimate of drug-likeness (QED) is 0.405. The van der Waals surface area contributed by atoms with E-state index in [0.717, 1.165) is 11.4 Å². The second kappa shape index (κ2) is 12.9. The van der Waals surface area contributed by atoms with Gasteiger partial charge in [-0.05, 0) is 50.2 Å². The molecule has 2 heterocycles. The first-order valence-electron chi connectivity index (χ1n) is 12.9. The fraction of sp³-hybridized carbons (Fsp3) is 0.393. The first-order valence-corrected chi connectivity index (χ1v) is 12.9. The van der Waals surface area contributed by atoms with Crippen LogP contribution in [-0.2, 0) is 0 Å². The lowest BCUT2D eigenvalue weighted by atomic mass is 10.1. The molecule has 0 radical (unpaired) electrons. The third kappa shape index (κ3) is 6.36. The van der Waals surface area contributed by atoms with Crippen LogP contribution in [0.5, 0.6) is 28.7 Å². The summed E-state index contributed by atoms with van der Waals surface area (Å²) in [6.07, 6.45) is 0. The number of piperazine rings is 1. The van der Waals surface area contributed by atoms with Crippen LogP contribution in [0, 0.1) is 0 Å². The Morgan fingerprint density at radius 2 is 1.46 bits per heavy atom. The fourth-order valence-electron chi connectivity index (χ4n) is 4.35. The predicted octanol–water partition coefficient (Wildman–Crippen LogP) is 4.32. The Balaban J connectivity index is 1.37. The van der Waals surface area contributed by atoms with Gasteiger partial charge < -0.3 is 38.8 Å². The molecular formula is C28H35N5O6. The Kier molecular flexibility index (Phi) is 9.14. The minimum absolute atomic E-state index is 0.162. The van der Waals surface area contributed by atoms with Crippen molar-refractivity contribution in [1.82, 2.24) is 15.1 Å². The van der Waals surface area contributed by atoms with Gasteiger partial charge in [0.1, 0.15) is 0 Å². The van der Waals surface area contributed by atoms with Crippen LogP contribution >= 0.6 is 0 Å². The summed E-state index contributed by atoms with van der Waals surface area (Å²) < 4.78 is 27.6. The first-order chi connectivity index (χ1) is 19.0. The van der Waals surface area contributed by atoms with Crippen molar-refractivity contribution in [3.63, 3.8) is 0 Å². The van der Waals surface area contributed by atoms with E-state index in [2.05, 4.69) is 20.4 Å². The maximum atomic E-state index is 12.9. The number of hydrogen-bond acceptors (Lipinski definition) is 9. The zero-order valence-electron chi connectivity index (χ0n) is 23.0. The molecule has 1 fully saturated rings. The highest BCUT2D eigenvalue weighted by Crippen LogP contribution is 2.40. The highest BCUT2D eigenvalue weighted by molar-refractivity contribution is 5.90. The van der Waals surface area contributed by atoms with E-state index >= 15 is 0 Å². The number of carbonyl (C=O) groups is 1. The zero-order chi connectivity index (χ0) is 27.8. The van der Waals surface area contributed by atoms with E-state index in [4.69, 9.17) is 23.7 Å². The number of anilines is 2. The van der Waals surface area contributed by atoms with Gasteiger partial charge >= 0.3 is 6.03 Å². The third-order valence-electron chi connectivity index (χ3n) is 6.30. The molecule has 39 heavy (non-hydrogen) atoms. The van der Waals surface area contributed by atoms with E-state index in [1.165, 1.54) is 0 Å². The molecule has 1 aliphatic heterocycles. The summed E-state index contributed by atoms with van der Waals surface area (Å²) in [5.74, 6) is 3.63. The fourth-order valence-corrected chi connectivity index (χ4v) is 4.35. The van der Waals surface area contributed by atoms with E-state index in [9.17, 15) is 4.79 Å². The van der Waals surface area contributed by atoms with E-state index in [1.807, 2.05) is 50.2 Å². The molecule has 0 saturated carbocycles. The van der Waals surface area contributed by atoms with Gasteiger partial charge in [-0.15, -0.1) is 10.2 Å². The molecule has 3 aromatic rings. The van der Waals surface area contributed by atoms with Crippen LogP contribution in [0.25, 0.3) is 11.3 Å². The lowest BCUT2D eigenvalue weighted by Gasteiger charge is -2.35. The maximum absolute atomic E-state index is 12.9. The number of carbonyl (C=O) groups excluding carboxylic acids is 1. The summed E-state index contributed by atoms with van der Waals surface area (Å²) in [6, 6.07) is 12.8. The lowest BCUT2D eigenvalue weighted by Crippen LogP contribution is -2.50. The first kappa shape index (κ1) is 27.6. The van der Waals surface area contributed by atoms with Crippen LogP contribution < -0.4 is 33.9 Å². The summed E-state index contributed by atoms with van der Waals surface area (Å²) in [5, 5.41) is 11.8. The molecular weight excluding hydrogens is 502 g/mol. The van der Waals surface area contributed by atoms with Crippen molar-refractivity contribution in [1.29, 1.82) is 0 Å². The largest absolute Gasteiger partial charge is 0.493 e. The molecule has 11 nitrogen and oxygen atoms in total. The average Bonchev–Trinajstić information content (AvgIpc) is 2.98. The van der Waals surface area contributed by atoms with Crippen molar-refractivity contribution in [2.45, 2.75) is 13.8 Å². The molecule has 1 aromatic heterocycles. The number of benzene rings is 2. The number of hydrogen-bond donors (Lipinski definition) is 1. The van der Waals surface area contributed by atoms with Crippen molar-refractivity contribution in [2.75, 3.05) is 70.9 Å². The van der Waals surface area contributed by atoms with Crippen LogP contribution in [0.4, 0.5) is 16.3 Å². The number of aromatic nitrogens is 2. The zero-order valence-corrected chi connectivity index (χ0v) is 23.0. The summed E-state index contributed by atoms with van der Waals surface area (Å²) in [6.45, 7) is 7.25. The van der Waals surface area contributed by atoms with Crippen LogP contribution in [-0.4, -0.2) is 81.9 Å². The second-order valence-corrected chi connectivity index (χ2v) is 8.62. The molecule has 0 unspecified atom stereocenters. The van der Waals surface area contributed by atoms with Gasteiger partial charge in [0.05, 0.1) is 40.2 Å². The molecule has 1 saturated heterocycles. The van der Waals surface area contributed by atoms with Gasteiger partial charge in [0, 0.05) is 43.5 Å². The van der Waals surface area contributed by atoms with Crippen molar-refractivity contribution in [2.24, 2.45) is 0 Å². The number of methoxy groups -OCH3 is 3. The number of ether oxygens (including phenoxy) is 5. The van der Waals surface area contributed by atoms with E-state index in [-0.39, 0.29) is 6.03 Å². The van der Waals surface area contributed by atoms with Crippen molar-refractivity contribution in [3.05, 3.63) is 42.5 Å². The SMILES string of the molecule is CCOc1ccc(NC(=O)N2CCN(c3ccc(-c4cc(OC)c(OC)c(OC)c4)nn3)CC2)cc1OCC. The Bertz CT molecular complexity index is 1240. The Morgan fingerprint density at radius 1 is 0.795 bits per heavy atom. The molecule has 2 aromatic carbocycles. The normalized spacial score (nSPS) is 13.1. The van der Waals surface area contributed by atoms with E-state index in [0.29, 0.717) is 79.5 Å². The Labute approximate surface area is 228 Å². The lowest BCUT2D eigenvalue weighted by molar-refractivity contribution is 0.208. The molecule has 1 aliphatic rings. The Hall–Kier alpha value is -4.41. The van der Waals surface area contributed by atoms with Gasteiger partial charge in [-0.3, -0.25) is 0 Å². The Morgan fingerprint density at radius 3 is 2.03 bits per heavy atom. The minimum atomic E-state index is -0.162. The highest BCUT2D eigenvalue weighted by Gasteiger charge is 2.23. The van der Waals surface area contributed by atoms with E-state index < -0.39 is 0 Å². The molecule has 0 bridgehead atoms. The summed E-state index contributed by atoms with van der Waals surface area (Å²) in [4.78, 5) is 16.8. The van der Waals surface area contributed by atoms with Crippen LogP contribution in [0.3, 0.4) is 0 Å². The van der Waals surface area contributed by atoms with Crippen LogP contribution in [0.1, 0.15) is 13.8 Å². The molecule has 0 atom stereocenters. The minimum Gasteiger partial charge on any atom is -0.493 e. The second-order valence-electron chi connectivity index (χ2n) is 8.62. The number of urea groups is 1. The summed E-state index contributed by atoms with van der Waals surface area (Å²) >= 11 is 0. The summed E-state index contributed by atoms with van der Waals surface area (Å²) in [5.41, 5.74) is 2.13. The van der Waals surface area contributed by atoms with Gasteiger partial charge in [-0.1, -0.05) is 0 Å². The average molecular weight is 538 g/mol. The van der Waals surface area contributed by atoms with Crippen molar-refractivity contribution < 1.29 is 28.5 Å². The van der Waals surface area contributed by atoms with Gasteiger partial charge in [-0.2, -0.15) is 0 Å². The van der Waals surface area contributed by atoms with E-state index in [1.54, 1.807) is 32.3 Å². The molecule has 208 valence electrons. The van der Waals surface area contributed by atoms with Crippen LogP contribution in [0.15, 0.2) is 42.5 Å². The van der Waals surface area contributed by atoms with Gasteiger partial charge in [-0.25, -0.2) is 4.79 Å². The van der Waals surface area contributed by atoms with Crippen LogP contribution in [0.2, 0.25) is 0 Å². The summed E-state index contributed by atoms with van der Waals surface area (Å²) in [7, 11) is 4.72. The van der Waals surface area contributed by atoms with Gasteiger partial charge in [0.15, 0.2) is 28.8 Å². The number of rotatable bonds is 10. The maximum Gasteiger partial charge on any atom is 0.321 e. The van der Waals surface area contributed by atoms with Gasteiger partial charge in [0.25, 0.3) is 0 Å². The topological polar surface area (TPSA) is 108 Å². The third-order valence-corrected chi connectivity index (χ3v) is 6.30. The molecule has 11 heteroatoms. The number of amides is 2. The molecule has 4 rings (SSSR count). The standard InChI is InChI=1S/C28H35N5O6/c1-6-38-22-10-8-20(18-23(22)39-7-2)29-28(34)33-14-12-32(13-15-33)26-11-9-21(30-31-26)19-16-24(35-3)27(37-5)25(17-19)36-4/h8-11,16-18H,6-7,12-15H2,1-5H3,(H,29,34). The molecule has 0 aliphatic carbocycles. The van der Waals surface area contributed by atoms with Gasteiger partial charge in [0.2, 0.25) is 5.75 Å². The predicted molar refractivity (Wildman–Crippen MR) is 149 cm³/mol. The highest BCUT2D eigenvalue weighted by atomic mass is 16.5. The monoisotopic (exact) mass is 537 g/mol. The number of nitrogens with zero attached hydrogens (tertiary/aromatic N) is 4.